The molecule has 1 saturated heterocycles. The zero-order valence-corrected chi connectivity index (χ0v) is 15.9. The van der Waals surface area contributed by atoms with Gasteiger partial charge in [-0.2, -0.15) is 0 Å². The van der Waals surface area contributed by atoms with Gasteiger partial charge in [-0.3, -0.25) is 9.52 Å². The molecule has 1 aromatic carbocycles. The second-order valence-electron chi connectivity index (χ2n) is 6.77. The lowest BCUT2D eigenvalue weighted by Crippen LogP contribution is -2.42. The van der Waals surface area contributed by atoms with Gasteiger partial charge in [-0.1, -0.05) is 19.9 Å². The first-order chi connectivity index (χ1) is 11.8. The summed E-state index contributed by atoms with van der Waals surface area (Å²) in [7, 11) is -3.56. The molecule has 0 spiro atoms. The zero-order chi connectivity index (χ0) is 18.0. The van der Waals surface area contributed by atoms with Crippen LogP contribution in [0, 0.1) is 11.8 Å². The van der Waals surface area contributed by atoms with Gasteiger partial charge in [0.2, 0.25) is 0 Å². The lowest BCUT2D eigenvalue weighted by molar-refractivity contribution is 0.0623. The van der Waals surface area contributed by atoms with Gasteiger partial charge in [0.15, 0.2) is 0 Å². The number of amides is 1. The predicted molar refractivity (Wildman–Crippen MR) is 100 cm³/mol. The van der Waals surface area contributed by atoms with E-state index >= 15 is 0 Å². The van der Waals surface area contributed by atoms with Crippen molar-refractivity contribution in [3.05, 3.63) is 47.3 Å². The van der Waals surface area contributed by atoms with Crippen LogP contribution in [0.3, 0.4) is 0 Å². The van der Waals surface area contributed by atoms with Gasteiger partial charge in [-0.15, -0.1) is 11.3 Å². The summed E-state index contributed by atoms with van der Waals surface area (Å²) < 4.78 is 27.3. The number of thiophene rings is 1. The van der Waals surface area contributed by atoms with Crippen molar-refractivity contribution >= 4 is 33.0 Å². The quantitative estimate of drug-likeness (QED) is 0.883. The maximum atomic E-state index is 12.7. The molecule has 1 N–H and O–H groups in total. The van der Waals surface area contributed by atoms with Crippen molar-refractivity contribution in [2.45, 2.75) is 24.5 Å². The lowest BCUT2D eigenvalue weighted by atomic mass is 9.91. The second-order valence-corrected chi connectivity index (χ2v) is 9.63. The molecule has 25 heavy (non-hydrogen) atoms. The predicted octanol–water partition coefficient (Wildman–Crippen LogP) is 3.67. The highest BCUT2D eigenvalue weighted by Crippen LogP contribution is 2.24. The van der Waals surface area contributed by atoms with Crippen molar-refractivity contribution in [2.24, 2.45) is 11.8 Å². The third-order valence-electron chi connectivity index (χ3n) is 4.30. The molecule has 1 aliphatic rings. The molecular formula is C18H22N2O3S2. The molecule has 3 rings (SSSR count). The van der Waals surface area contributed by atoms with Crippen LogP contribution in [0.2, 0.25) is 0 Å². The second kappa shape index (κ2) is 7.17. The number of likely N-dealkylation sites (tertiary alicyclic amines) is 1. The van der Waals surface area contributed by atoms with Gasteiger partial charge < -0.3 is 4.90 Å². The van der Waals surface area contributed by atoms with Gasteiger partial charge in [0, 0.05) is 24.3 Å². The molecule has 2 heterocycles. The molecule has 2 aromatic rings. The lowest BCUT2D eigenvalue weighted by Gasteiger charge is -2.35. The third kappa shape index (κ3) is 4.22. The smallest absolute Gasteiger partial charge is 0.271 e. The standard InChI is InChI=1S/C18H22N2O3S2/c1-13-10-14(2)12-20(11-13)18(21)15-5-7-16(8-6-15)19-25(22,23)17-4-3-9-24-17/h3-9,13-14,19H,10-12H2,1-2H3/t13-,14-/m1/s1. The van der Waals surface area contributed by atoms with Crippen LogP contribution in [0.4, 0.5) is 5.69 Å². The van der Waals surface area contributed by atoms with E-state index in [9.17, 15) is 13.2 Å². The van der Waals surface area contributed by atoms with Crippen LogP contribution < -0.4 is 4.72 Å². The molecule has 1 aromatic heterocycles. The molecule has 0 aliphatic carbocycles. The van der Waals surface area contributed by atoms with E-state index in [0.29, 0.717) is 23.1 Å². The maximum absolute atomic E-state index is 12.7. The highest BCUT2D eigenvalue weighted by molar-refractivity contribution is 7.94. The normalized spacial score (nSPS) is 21.1. The van der Waals surface area contributed by atoms with E-state index in [2.05, 4.69) is 18.6 Å². The minimum Gasteiger partial charge on any atom is -0.338 e. The molecule has 0 bridgehead atoms. The topological polar surface area (TPSA) is 66.5 Å². The average Bonchev–Trinajstić information content (AvgIpc) is 3.09. The van der Waals surface area contributed by atoms with E-state index in [0.717, 1.165) is 19.5 Å². The Balaban J connectivity index is 1.71. The van der Waals surface area contributed by atoms with Crippen molar-refractivity contribution in [3.63, 3.8) is 0 Å². The summed E-state index contributed by atoms with van der Waals surface area (Å²) >= 11 is 1.17. The third-order valence-corrected chi connectivity index (χ3v) is 7.08. The summed E-state index contributed by atoms with van der Waals surface area (Å²) in [4.78, 5) is 14.6. The number of hydrogen-bond acceptors (Lipinski definition) is 4. The van der Waals surface area contributed by atoms with Crippen LogP contribution in [0.5, 0.6) is 0 Å². The summed E-state index contributed by atoms with van der Waals surface area (Å²) in [5, 5.41) is 1.72. The molecule has 1 amide bonds. The van der Waals surface area contributed by atoms with Crippen molar-refractivity contribution < 1.29 is 13.2 Å². The molecule has 5 nitrogen and oxygen atoms in total. The number of carbonyl (C=O) groups excluding carboxylic acids is 1. The molecule has 1 fully saturated rings. The summed E-state index contributed by atoms with van der Waals surface area (Å²) in [5.74, 6) is 1.01. The van der Waals surface area contributed by atoms with E-state index < -0.39 is 10.0 Å². The summed E-state index contributed by atoms with van der Waals surface area (Å²) in [5.41, 5.74) is 1.03. The molecular weight excluding hydrogens is 356 g/mol. The van der Waals surface area contributed by atoms with Gasteiger partial charge in [-0.25, -0.2) is 8.42 Å². The van der Waals surface area contributed by atoms with Crippen molar-refractivity contribution in [1.82, 2.24) is 4.90 Å². The minimum atomic E-state index is -3.56. The van der Waals surface area contributed by atoms with Gasteiger partial charge in [0.25, 0.3) is 15.9 Å². The molecule has 134 valence electrons. The Labute approximate surface area is 152 Å². The van der Waals surface area contributed by atoms with Crippen LogP contribution in [0.25, 0.3) is 0 Å². The summed E-state index contributed by atoms with van der Waals surface area (Å²) in [6.45, 7) is 5.88. The molecule has 1 aliphatic heterocycles. The number of hydrogen-bond donors (Lipinski definition) is 1. The van der Waals surface area contributed by atoms with Crippen LogP contribution in [0.1, 0.15) is 30.6 Å². The number of piperidine rings is 1. The first-order valence-corrected chi connectivity index (χ1v) is 10.7. The highest BCUT2D eigenvalue weighted by atomic mass is 32.2. The zero-order valence-electron chi connectivity index (χ0n) is 14.3. The average molecular weight is 379 g/mol. The molecule has 0 saturated carbocycles. The fourth-order valence-corrected chi connectivity index (χ4v) is 5.37. The van der Waals surface area contributed by atoms with Crippen LogP contribution in [-0.4, -0.2) is 32.3 Å². The van der Waals surface area contributed by atoms with E-state index in [4.69, 9.17) is 0 Å². The number of nitrogens with one attached hydrogen (secondary N) is 1. The van der Waals surface area contributed by atoms with E-state index in [1.807, 2.05) is 4.90 Å². The molecule has 0 unspecified atom stereocenters. The van der Waals surface area contributed by atoms with E-state index in [1.54, 1.807) is 41.8 Å². The monoisotopic (exact) mass is 378 g/mol. The summed E-state index contributed by atoms with van der Waals surface area (Å²) in [6, 6.07) is 9.88. The highest BCUT2D eigenvalue weighted by Gasteiger charge is 2.26. The Kier molecular flexibility index (Phi) is 5.15. The maximum Gasteiger partial charge on any atom is 0.271 e. The Hall–Kier alpha value is -1.86. The largest absolute Gasteiger partial charge is 0.338 e. The Morgan fingerprint density at radius 2 is 1.76 bits per heavy atom. The van der Waals surface area contributed by atoms with Crippen molar-refractivity contribution in [2.75, 3.05) is 17.8 Å². The Morgan fingerprint density at radius 3 is 2.32 bits per heavy atom. The minimum absolute atomic E-state index is 0.00561. The molecule has 0 radical (unpaired) electrons. The Morgan fingerprint density at radius 1 is 1.12 bits per heavy atom. The number of anilines is 1. The fraction of sp³-hybridized carbons (Fsp3) is 0.389. The number of rotatable bonds is 4. The molecule has 7 heteroatoms. The van der Waals surface area contributed by atoms with Gasteiger partial charge >= 0.3 is 0 Å². The van der Waals surface area contributed by atoms with Gasteiger partial charge in [0.05, 0.1) is 0 Å². The van der Waals surface area contributed by atoms with Crippen LogP contribution >= 0.6 is 11.3 Å². The van der Waals surface area contributed by atoms with E-state index in [-0.39, 0.29) is 10.1 Å². The van der Waals surface area contributed by atoms with E-state index in [1.165, 1.54) is 11.3 Å². The first kappa shape index (κ1) is 17.9. The number of carbonyl (C=O) groups is 1. The molecule has 2 atom stereocenters. The van der Waals surface area contributed by atoms with Gasteiger partial charge in [-0.05, 0) is 54.0 Å². The number of benzene rings is 1. The van der Waals surface area contributed by atoms with Crippen LogP contribution in [-0.2, 0) is 10.0 Å². The number of nitrogens with zero attached hydrogens (tertiary/aromatic N) is 1. The first-order valence-electron chi connectivity index (χ1n) is 8.31. The Bertz CT molecular complexity index is 820. The fourth-order valence-electron chi connectivity index (χ4n) is 3.31. The van der Waals surface area contributed by atoms with Gasteiger partial charge in [0.1, 0.15) is 4.21 Å². The van der Waals surface area contributed by atoms with Crippen molar-refractivity contribution in [1.29, 1.82) is 0 Å². The summed E-state index contributed by atoms with van der Waals surface area (Å²) in [6.07, 6.45) is 1.15. The van der Waals surface area contributed by atoms with Crippen LogP contribution in [0.15, 0.2) is 46.0 Å². The number of sulfonamides is 1. The SMILES string of the molecule is C[C@@H]1C[C@@H](C)CN(C(=O)c2ccc(NS(=O)(=O)c3cccs3)cc2)C1. The van der Waals surface area contributed by atoms with Crippen molar-refractivity contribution in [3.8, 4) is 0 Å².